The molecule has 2 aromatic carbocycles. The summed E-state index contributed by atoms with van der Waals surface area (Å²) in [7, 11) is 1.72. The van der Waals surface area contributed by atoms with Crippen LogP contribution in [0.15, 0.2) is 53.1 Å². The van der Waals surface area contributed by atoms with Gasteiger partial charge in [0.1, 0.15) is 0 Å². The number of nitrogens with one attached hydrogen (secondary N) is 2. The molecule has 4 rings (SSSR count). The van der Waals surface area contributed by atoms with Gasteiger partial charge in [0.2, 0.25) is 0 Å². The van der Waals surface area contributed by atoms with Gasteiger partial charge in [-0.15, -0.1) is 0 Å². The molecule has 1 aliphatic carbocycles. The molecule has 1 fully saturated rings. The van der Waals surface area contributed by atoms with Crippen LogP contribution in [0.5, 0.6) is 0 Å². The van der Waals surface area contributed by atoms with E-state index < -0.39 is 0 Å². The van der Waals surface area contributed by atoms with Gasteiger partial charge in [-0.05, 0) is 56.2 Å². The van der Waals surface area contributed by atoms with E-state index in [9.17, 15) is 9.59 Å². The van der Waals surface area contributed by atoms with E-state index in [-0.39, 0.29) is 11.9 Å². The molecular weight excluding hydrogens is 394 g/mol. The van der Waals surface area contributed by atoms with Crippen LogP contribution in [-0.4, -0.2) is 46.6 Å². The van der Waals surface area contributed by atoms with E-state index in [2.05, 4.69) is 20.8 Å². The first-order chi connectivity index (χ1) is 15.0. The van der Waals surface area contributed by atoms with Crippen molar-refractivity contribution in [1.82, 2.24) is 20.4 Å². The lowest BCUT2D eigenvalue weighted by Gasteiger charge is -2.17. The lowest BCUT2D eigenvalue weighted by molar-refractivity contribution is 0.0951. The summed E-state index contributed by atoms with van der Waals surface area (Å²) in [5.41, 5.74) is 3.23. The van der Waals surface area contributed by atoms with Crippen molar-refractivity contribution in [2.75, 3.05) is 18.9 Å². The van der Waals surface area contributed by atoms with Crippen molar-refractivity contribution >= 4 is 17.6 Å². The van der Waals surface area contributed by atoms with Gasteiger partial charge in [-0.1, -0.05) is 22.9 Å². The van der Waals surface area contributed by atoms with Crippen LogP contribution in [0, 0.1) is 6.92 Å². The van der Waals surface area contributed by atoms with E-state index in [1.165, 1.54) is 0 Å². The van der Waals surface area contributed by atoms with Crippen LogP contribution >= 0.6 is 0 Å². The summed E-state index contributed by atoms with van der Waals surface area (Å²) >= 11 is 0. The molecule has 1 heterocycles. The Morgan fingerprint density at radius 3 is 2.48 bits per heavy atom. The fourth-order valence-corrected chi connectivity index (χ4v) is 2.96. The highest BCUT2D eigenvalue weighted by molar-refractivity contribution is 5.95. The molecule has 31 heavy (non-hydrogen) atoms. The predicted molar refractivity (Wildman–Crippen MR) is 117 cm³/mol. The van der Waals surface area contributed by atoms with Crippen molar-refractivity contribution in [3.63, 3.8) is 0 Å². The van der Waals surface area contributed by atoms with Gasteiger partial charge in [0.25, 0.3) is 11.8 Å². The number of nitrogens with zero attached hydrogens (tertiary/aromatic N) is 3. The van der Waals surface area contributed by atoms with Crippen LogP contribution in [0.2, 0.25) is 0 Å². The van der Waals surface area contributed by atoms with E-state index in [0.29, 0.717) is 36.3 Å². The minimum Gasteiger partial charge on any atom is -0.349 e. The molecule has 1 saturated carbocycles. The first-order valence-electron chi connectivity index (χ1n) is 10.3. The topological polar surface area (TPSA) is 100 Å². The zero-order valence-electron chi connectivity index (χ0n) is 17.6. The molecule has 160 valence electrons. The fourth-order valence-electron chi connectivity index (χ4n) is 2.96. The molecule has 8 nitrogen and oxygen atoms in total. The quantitative estimate of drug-likeness (QED) is 0.609. The zero-order chi connectivity index (χ0) is 21.8. The normalized spacial score (nSPS) is 13.0. The summed E-state index contributed by atoms with van der Waals surface area (Å²) in [6.07, 6.45) is 2.57. The summed E-state index contributed by atoms with van der Waals surface area (Å²) in [5.74, 6) is 0.837. The van der Waals surface area contributed by atoms with Crippen LogP contribution in [-0.2, 0) is 6.42 Å². The highest BCUT2D eigenvalue weighted by Gasteiger charge is 2.23. The number of anilines is 1. The van der Waals surface area contributed by atoms with Crippen molar-refractivity contribution in [2.45, 2.75) is 32.2 Å². The molecular formula is C23H25N5O3. The van der Waals surface area contributed by atoms with Crippen LogP contribution < -0.4 is 10.6 Å². The van der Waals surface area contributed by atoms with E-state index in [0.717, 1.165) is 29.7 Å². The Labute approximate surface area is 180 Å². The molecule has 8 heteroatoms. The Morgan fingerprint density at radius 1 is 1.10 bits per heavy atom. The number of benzene rings is 2. The molecule has 0 saturated heterocycles. The number of aromatic nitrogens is 2. The second-order valence-electron chi connectivity index (χ2n) is 7.81. The number of carbonyl (C=O) groups excluding carboxylic acids is 2. The lowest BCUT2D eigenvalue weighted by atomic mass is 10.1. The van der Waals surface area contributed by atoms with E-state index in [1.54, 1.807) is 36.2 Å². The van der Waals surface area contributed by atoms with E-state index >= 15 is 0 Å². The van der Waals surface area contributed by atoms with E-state index in [4.69, 9.17) is 4.52 Å². The third kappa shape index (κ3) is 5.48. The average Bonchev–Trinajstić information content (AvgIpc) is 3.46. The first kappa shape index (κ1) is 20.6. The summed E-state index contributed by atoms with van der Waals surface area (Å²) < 4.78 is 5.34. The number of amides is 3. The number of urea groups is 1. The number of hydrogen-bond donors (Lipinski definition) is 2. The second-order valence-corrected chi connectivity index (χ2v) is 7.81. The van der Waals surface area contributed by atoms with Crippen LogP contribution in [0.3, 0.4) is 0 Å². The number of hydrogen-bond acceptors (Lipinski definition) is 5. The Morgan fingerprint density at radius 2 is 1.81 bits per heavy atom. The van der Waals surface area contributed by atoms with Crippen LogP contribution in [0.25, 0.3) is 11.5 Å². The highest BCUT2D eigenvalue weighted by atomic mass is 16.5. The second kappa shape index (κ2) is 8.99. The predicted octanol–water partition coefficient (Wildman–Crippen LogP) is 3.64. The van der Waals surface area contributed by atoms with Gasteiger partial charge in [-0.25, -0.2) is 4.79 Å². The summed E-state index contributed by atoms with van der Waals surface area (Å²) in [5, 5.41) is 9.82. The molecule has 2 N–H and O–H groups in total. The third-order valence-corrected chi connectivity index (χ3v) is 5.10. The van der Waals surface area contributed by atoms with Crippen LogP contribution in [0.4, 0.5) is 10.5 Å². The van der Waals surface area contributed by atoms with Crippen molar-refractivity contribution in [3.8, 4) is 11.5 Å². The van der Waals surface area contributed by atoms with Crippen molar-refractivity contribution in [3.05, 3.63) is 65.5 Å². The number of likely N-dealkylation sites (N-methyl/N-ethyl adjacent to an activating group) is 1. The fraction of sp³-hybridized carbons (Fsp3) is 0.304. The maximum absolute atomic E-state index is 12.3. The lowest BCUT2D eigenvalue weighted by Crippen LogP contribution is -2.33. The van der Waals surface area contributed by atoms with Crippen molar-refractivity contribution in [1.29, 1.82) is 0 Å². The van der Waals surface area contributed by atoms with Crippen molar-refractivity contribution < 1.29 is 14.1 Å². The molecule has 0 unspecified atom stereocenters. The van der Waals surface area contributed by atoms with Gasteiger partial charge >= 0.3 is 6.03 Å². The molecule has 3 amide bonds. The Hall–Kier alpha value is -3.68. The third-order valence-electron chi connectivity index (χ3n) is 5.10. The molecule has 1 aliphatic rings. The standard InChI is InChI=1S/C23H25N5O3/c1-15-3-9-19(10-4-15)25-23(30)28(2)14-13-20-26-22(31-27-20)17-7-5-16(6-8-17)21(29)24-18-11-12-18/h3-10,18H,11-14H2,1-2H3,(H,24,29)(H,25,30). The van der Waals surface area contributed by atoms with Crippen LogP contribution in [0.1, 0.15) is 34.6 Å². The van der Waals surface area contributed by atoms with Gasteiger partial charge in [-0.3, -0.25) is 4.79 Å². The number of aryl methyl sites for hydroxylation is 1. The maximum atomic E-state index is 12.3. The molecule has 3 aromatic rings. The SMILES string of the molecule is Cc1ccc(NC(=O)N(C)CCc2noc(-c3ccc(C(=O)NC4CC4)cc3)n2)cc1. The first-order valence-corrected chi connectivity index (χ1v) is 10.3. The monoisotopic (exact) mass is 419 g/mol. The van der Waals surface area contributed by atoms with Gasteiger partial charge in [-0.2, -0.15) is 4.98 Å². The Kier molecular flexibility index (Phi) is 5.97. The van der Waals surface area contributed by atoms with Crippen molar-refractivity contribution in [2.24, 2.45) is 0 Å². The Balaban J connectivity index is 1.29. The van der Waals surface area contributed by atoms with Gasteiger partial charge in [0.15, 0.2) is 5.82 Å². The minimum atomic E-state index is -0.201. The highest BCUT2D eigenvalue weighted by Crippen LogP contribution is 2.21. The van der Waals surface area contributed by atoms with Gasteiger partial charge in [0, 0.05) is 42.9 Å². The van der Waals surface area contributed by atoms with Gasteiger partial charge in [0.05, 0.1) is 0 Å². The molecule has 0 radical (unpaired) electrons. The average molecular weight is 419 g/mol. The number of carbonyl (C=O) groups is 2. The number of rotatable bonds is 7. The summed E-state index contributed by atoms with van der Waals surface area (Å²) in [6.45, 7) is 2.44. The maximum Gasteiger partial charge on any atom is 0.321 e. The zero-order valence-corrected chi connectivity index (χ0v) is 17.6. The summed E-state index contributed by atoms with van der Waals surface area (Å²) in [4.78, 5) is 30.4. The Bertz CT molecular complexity index is 1060. The molecule has 0 bridgehead atoms. The van der Waals surface area contributed by atoms with Gasteiger partial charge < -0.3 is 20.1 Å². The summed E-state index contributed by atoms with van der Waals surface area (Å²) in [6, 6.07) is 14.8. The molecule has 0 aliphatic heterocycles. The smallest absolute Gasteiger partial charge is 0.321 e. The molecule has 0 atom stereocenters. The minimum absolute atomic E-state index is 0.0628. The van der Waals surface area contributed by atoms with E-state index in [1.807, 2.05) is 31.2 Å². The molecule has 1 aromatic heterocycles. The molecule has 0 spiro atoms. The largest absolute Gasteiger partial charge is 0.349 e.